The lowest BCUT2D eigenvalue weighted by Gasteiger charge is -2.30. The van der Waals surface area contributed by atoms with Crippen molar-refractivity contribution in [1.29, 1.82) is 0 Å². The van der Waals surface area contributed by atoms with Crippen LogP contribution in [0.1, 0.15) is 27.2 Å². The van der Waals surface area contributed by atoms with E-state index in [0.29, 0.717) is 12.3 Å². The number of nitrogens with one attached hydrogen (secondary N) is 1. The summed E-state index contributed by atoms with van der Waals surface area (Å²) >= 11 is 0. The molecule has 1 aromatic rings. The summed E-state index contributed by atoms with van der Waals surface area (Å²) in [6, 6.07) is 0. The molecule has 6 nitrogen and oxygen atoms in total. The average Bonchev–Trinajstić information content (AvgIpc) is 2.63. The van der Waals surface area contributed by atoms with Gasteiger partial charge in [-0.25, -0.2) is 18.1 Å². The van der Waals surface area contributed by atoms with Crippen LogP contribution in [0.3, 0.4) is 0 Å². The maximum atomic E-state index is 12.2. The van der Waals surface area contributed by atoms with E-state index in [1.54, 1.807) is 11.6 Å². The second-order valence-electron chi connectivity index (χ2n) is 5.35. The van der Waals surface area contributed by atoms with Crippen molar-refractivity contribution in [2.45, 2.75) is 37.8 Å². The first-order chi connectivity index (χ1) is 8.18. The van der Waals surface area contributed by atoms with Crippen molar-refractivity contribution in [3.63, 3.8) is 0 Å². The maximum Gasteiger partial charge on any atom is 0.260 e. The summed E-state index contributed by atoms with van der Waals surface area (Å²) in [4.78, 5) is 3.86. The van der Waals surface area contributed by atoms with Crippen LogP contribution < -0.4 is 10.5 Å². The Balaban J connectivity index is 2.94. The van der Waals surface area contributed by atoms with Gasteiger partial charge in [-0.3, -0.25) is 0 Å². The minimum absolute atomic E-state index is 0.0217. The number of sulfonamides is 1. The standard InChI is InChI=1S/C11H22N4O2S/c1-9(2)5-11(3,7-12)14-18(16,17)10-6-15(4)8-13-10/h6,8-9,14H,5,7,12H2,1-4H3. The molecule has 3 N–H and O–H groups in total. The molecule has 0 radical (unpaired) electrons. The summed E-state index contributed by atoms with van der Waals surface area (Å²) in [5.41, 5.74) is 5.04. The molecule has 0 bridgehead atoms. The highest BCUT2D eigenvalue weighted by Gasteiger charge is 2.31. The molecule has 1 rings (SSSR count). The Morgan fingerprint density at radius 1 is 1.56 bits per heavy atom. The van der Waals surface area contributed by atoms with Crippen molar-refractivity contribution in [1.82, 2.24) is 14.3 Å². The first-order valence-corrected chi connectivity index (χ1v) is 7.39. The molecule has 0 fully saturated rings. The van der Waals surface area contributed by atoms with Crippen LogP contribution in [-0.4, -0.2) is 30.1 Å². The Morgan fingerprint density at radius 2 is 2.17 bits per heavy atom. The van der Waals surface area contributed by atoms with E-state index in [1.165, 1.54) is 12.5 Å². The predicted molar refractivity (Wildman–Crippen MR) is 70.4 cm³/mol. The Hall–Kier alpha value is -0.920. The van der Waals surface area contributed by atoms with E-state index >= 15 is 0 Å². The number of nitrogens with two attached hydrogens (primary N) is 1. The maximum absolute atomic E-state index is 12.2. The summed E-state index contributed by atoms with van der Waals surface area (Å²) in [5, 5.41) is 0.0217. The van der Waals surface area contributed by atoms with Gasteiger partial charge in [0.05, 0.1) is 6.33 Å². The number of aromatic nitrogens is 2. The van der Waals surface area contributed by atoms with E-state index in [9.17, 15) is 8.42 Å². The van der Waals surface area contributed by atoms with Crippen molar-refractivity contribution in [2.75, 3.05) is 6.54 Å². The molecular formula is C11H22N4O2S. The Labute approximate surface area is 109 Å². The van der Waals surface area contributed by atoms with E-state index in [0.717, 1.165) is 0 Å². The molecule has 1 atom stereocenters. The molecule has 0 amide bonds. The lowest BCUT2D eigenvalue weighted by Crippen LogP contribution is -2.52. The molecule has 0 aliphatic heterocycles. The molecule has 104 valence electrons. The van der Waals surface area contributed by atoms with Crippen molar-refractivity contribution in [3.05, 3.63) is 12.5 Å². The highest BCUT2D eigenvalue weighted by atomic mass is 32.2. The number of rotatable bonds is 6. The lowest BCUT2D eigenvalue weighted by atomic mass is 9.92. The number of hydrogen-bond donors (Lipinski definition) is 2. The quantitative estimate of drug-likeness (QED) is 0.788. The van der Waals surface area contributed by atoms with Gasteiger partial charge in [-0.1, -0.05) is 13.8 Å². The molecule has 18 heavy (non-hydrogen) atoms. The van der Waals surface area contributed by atoms with Gasteiger partial charge in [0.2, 0.25) is 0 Å². The molecular weight excluding hydrogens is 252 g/mol. The summed E-state index contributed by atoms with van der Waals surface area (Å²) < 4.78 is 28.6. The zero-order valence-corrected chi connectivity index (χ0v) is 12.2. The minimum atomic E-state index is -3.62. The van der Waals surface area contributed by atoms with Gasteiger partial charge in [-0.2, -0.15) is 0 Å². The lowest BCUT2D eigenvalue weighted by molar-refractivity contribution is 0.344. The van der Waals surface area contributed by atoms with Crippen molar-refractivity contribution in [2.24, 2.45) is 18.7 Å². The van der Waals surface area contributed by atoms with Crippen LogP contribution >= 0.6 is 0 Å². The van der Waals surface area contributed by atoms with Gasteiger partial charge >= 0.3 is 0 Å². The zero-order valence-electron chi connectivity index (χ0n) is 11.3. The van der Waals surface area contributed by atoms with Gasteiger partial charge < -0.3 is 10.3 Å². The Bertz CT molecular complexity index is 495. The van der Waals surface area contributed by atoms with E-state index in [2.05, 4.69) is 9.71 Å². The highest BCUT2D eigenvalue weighted by Crippen LogP contribution is 2.18. The molecule has 0 saturated heterocycles. The molecule has 1 unspecified atom stereocenters. The second-order valence-corrected chi connectivity index (χ2v) is 6.97. The van der Waals surface area contributed by atoms with E-state index in [-0.39, 0.29) is 11.6 Å². The SMILES string of the molecule is CC(C)CC(C)(CN)NS(=O)(=O)c1cn(C)cn1. The third kappa shape index (κ3) is 3.79. The number of hydrogen-bond acceptors (Lipinski definition) is 4. The molecule has 0 spiro atoms. The highest BCUT2D eigenvalue weighted by molar-refractivity contribution is 7.89. The fraction of sp³-hybridized carbons (Fsp3) is 0.727. The first kappa shape index (κ1) is 15.1. The largest absolute Gasteiger partial charge is 0.339 e. The predicted octanol–water partition coefficient (Wildman–Crippen LogP) is 0.462. The van der Waals surface area contributed by atoms with E-state index in [1.807, 2.05) is 20.8 Å². The Kier molecular flexibility index (Phi) is 4.52. The van der Waals surface area contributed by atoms with Crippen molar-refractivity contribution in [3.8, 4) is 0 Å². The normalized spacial score (nSPS) is 15.9. The summed E-state index contributed by atoms with van der Waals surface area (Å²) in [6.07, 6.45) is 3.60. The van der Waals surface area contributed by atoms with Crippen LogP contribution in [0.5, 0.6) is 0 Å². The topological polar surface area (TPSA) is 90.0 Å². The van der Waals surface area contributed by atoms with Crippen LogP contribution in [0.2, 0.25) is 0 Å². The fourth-order valence-corrected chi connectivity index (χ4v) is 3.38. The van der Waals surface area contributed by atoms with Crippen LogP contribution in [0, 0.1) is 5.92 Å². The van der Waals surface area contributed by atoms with Gasteiger partial charge in [-0.15, -0.1) is 0 Å². The molecule has 7 heteroatoms. The second kappa shape index (κ2) is 5.38. The number of imidazole rings is 1. The van der Waals surface area contributed by atoms with Crippen molar-refractivity contribution >= 4 is 10.0 Å². The summed E-state index contributed by atoms with van der Waals surface area (Å²) in [7, 11) is -1.89. The molecule has 0 aliphatic carbocycles. The smallest absolute Gasteiger partial charge is 0.260 e. The van der Waals surface area contributed by atoms with Gasteiger partial charge in [0.25, 0.3) is 10.0 Å². The van der Waals surface area contributed by atoms with Gasteiger partial charge in [0, 0.05) is 25.3 Å². The third-order valence-corrected chi connectivity index (χ3v) is 4.17. The summed E-state index contributed by atoms with van der Waals surface area (Å²) in [6.45, 7) is 6.12. The van der Waals surface area contributed by atoms with E-state index in [4.69, 9.17) is 5.73 Å². The first-order valence-electron chi connectivity index (χ1n) is 5.90. The van der Waals surface area contributed by atoms with Gasteiger partial charge in [0.15, 0.2) is 5.03 Å². The van der Waals surface area contributed by atoms with Crippen LogP contribution in [-0.2, 0) is 17.1 Å². The van der Waals surface area contributed by atoms with Crippen LogP contribution in [0.15, 0.2) is 17.6 Å². The molecule has 1 heterocycles. The molecule has 0 saturated carbocycles. The Morgan fingerprint density at radius 3 is 2.56 bits per heavy atom. The number of nitrogens with zero attached hydrogens (tertiary/aromatic N) is 2. The minimum Gasteiger partial charge on any atom is -0.339 e. The van der Waals surface area contributed by atoms with Gasteiger partial charge in [0.1, 0.15) is 0 Å². The van der Waals surface area contributed by atoms with Crippen molar-refractivity contribution < 1.29 is 8.42 Å². The van der Waals surface area contributed by atoms with Crippen LogP contribution in [0.25, 0.3) is 0 Å². The van der Waals surface area contributed by atoms with Gasteiger partial charge in [-0.05, 0) is 19.3 Å². The molecule has 0 aliphatic rings. The third-order valence-electron chi connectivity index (χ3n) is 2.65. The molecule has 1 aromatic heterocycles. The van der Waals surface area contributed by atoms with Crippen LogP contribution in [0.4, 0.5) is 0 Å². The monoisotopic (exact) mass is 274 g/mol. The summed E-state index contributed by atoms with van der Waals surface area (Å²) in [5.74, 6) is 0.352. The molecule has 0 aromatic carbocycles. The number of aryl methyl sites for hydroxylation is 1. The zero-order chi connectivity index (χ0) is 14.0. The average molecular weight is 274 g/mol. The fourth-order valence-electron chi connectivity index (χ4n) is 1.97. The van der Waals surface area contributed by atoms with E-state index < -0.39 is 15.6 Å².